The van der Waals surface area contributed by atoms with Crippen molar-refractivity contribution in [1.82, 2.24) is 15.1 Å². The lowest BCUT2D eigenvalue weighted by molar-refractivity contribution is -0.144. The van der Waals surface area contributed by atoms with Crippen LogP contribution in [0.25, 0.3) is 0 Å². The maximum atomic E-state index is 11.6. The second-order valence-corrected chi connectivity index (χ2v) is 4.96. The lowest BCUT2D eigenvalue weighted by Gasteiger charge is -2.19. The normalized spacial score (nSPS) is 12.8. The fourth-order valence-electron chi connectivity index (χ4n) is 1.80. The van der Waals surface area contributed by atoms with Crippen LogP contribution in [0.5, 0.6) is 0 Å². The van der Waals surface area contributed by atoms with Crippen molar-refractivity contribution in [3.63, 3.8) is 0 Å². The molecule has 0 saturated heterocycles. The van der Waals surface area contributed by atoms with Crippen LogP contribution in [0.4, 0.5) is 0 Å². The summed E-state index contributed by atoms with van der Waals surface area (Å²) in [6.45, 7) is 6.32. The SMILES string of the molecule is COC(=O)C(NCc1c(C)nn(C)c1Cl)C(C)C. The molecular formula is C12H20ClN3O2. The summed E-state index contributed by atoms with van der Waals surface area (Å²) >= 11 is 6.13. The molecule has 1 heterocycles. The molecule has 6 heteroatoms. The van der Waals surface area contributed by atoms with Gasteiger partial charge in [-0.3, -0.25) is 14.8 Å². The van der Waals surface area contributed by atoms with Gasteiger partial charge in [0.2, 0.25) is 0 Å². The number of ether oxygens (including phenoxy) is 1. The minimum absolute atomic E-state index is 0.146. The lowest BCUT2D eigenvalue weighted by Crippen LogP contribution is -2.41. The molecule has 102 valence electrons. The van der Waals surface area contributed by atoms with Gasteiger partial charge in [0.25, 0.3) is 0 Å². The van der Waals surface area contributed by atoms with Crippen LogP contribution in [0.3, 0.4) is 0 Å². The quantitative estimate of drug-likeness (QED) is 0.829. The Morgan fingerprint density at radius 2 is 2.17 bits per heavy atom. The van der Waals surface area contributed by atoms with Crippen molar-refractivity contribution < 1.29 is 9.53 Å². The fourth-order valence-corrected chi connectivity index (χ4v) is 2.05. The van der Waals surface area contributed by atoms with Crippen molar-refractivity contribution in [1.29, 1.82) is 0 Å². The molecule has 5 nitrogen and oxygen atoms in total. The van der Waals surface area contributed by atoms with E-state index in [1.165, 1.54) is 7.11 Å². The molecule has 0 fully saturated rings. The monoisotopic (exact) mass is 273 g/mol. The van der Waals surface area contributed by atoms with Crippen molar-refractivity contribution in [3.05, 3.63) is 16.4 Å². The third kappa shape index (κ3) is 3.23. The zero-order chi connectivity index (χ0) is 13.9. The second-order valence-electron chi connectivity index (χ2n) is 4.60. The zero-order valence-corrected chi connectivity index (χ0v) is 12.2. The molecule has 1 atom stereocenters. The topological polar surface area (TPSA) is 56.1 Å². The standard InChI is InChI=1S/C12H20ClN3O2/c1-7(2)10(12(17)18-5)14-6-9-8(3)15-16(4)11(9)13/h7,10,14H,6H2,1-5H3. The molecule has 0 aromatic carbocycles. The summed E-state index contributed by atoms with van der Waals surface area (Å²) in [5, 5.41) is 7.99. The Kier molecular flexibility index (Phi) is 5.16. The minimum atomic E-state index is -0.342. The van der Waals surface area contributed by atoms with Crippen LogP contribution in [0.1, 0.15) is 25.1 Å². The molecule has 1 aromatic heterocycles. The number of aromatic nitrogens is 2. The molecule has 0 spiro atoms. The Labute approximate surface area is 112 Å². The molecule has 0 amide bonds. The Bertz CT molecular complexity index is 429. The van der Waals surface area contributed by atoms with Crippen molar-refractivity contribution in [2.75, 3.05) is 7.11 Å². The van der Waals surface area contributed by atoms with Gasteiger partial charge in [-0.15, -0.1) is 0 Å². The van der Waals surface area contributed by atoms with E-state index in [1.54, 1.807) is 11.7 Å². The van der Waals surface area contributed by atoms with Gasteiger partial charge in [-0.05, 0) is 12.8 Å². The molecule has 0 aliphatic rings. The number of nitrogens with one attached hydrogen (secondary N) is 1. The van der Waals surface area contributed by atoms with Gasteiger partial charge in [0, 0.05) is 19.2 Å². The number of esters is 1. The molecule has 0 saturated carbocycles. The van der Waals surface area contributed by atoms with E-state index in [1.807, 2.05) is 20.8 Å². The van der Waals surface area contributed by atoms with Crippen LogP contribution in [0.2, 0.25) is 5.15 Å². The van der Waals surface area contributed by atoms with Gasteiger partial charge in [-0.25, -0.2) is 0 Å². The van der Waals surface area contributed by atoms with Crippen LogP contribution in [0.15, 0.2) is 0 Å². The van der Waals surface area contributed by atoms with E-state index in [9.17, 15) is 4.79 Å². The van der Waals surface area contributed by atoms with Crippen LogP contribution in [-0.4, -0.2) is 28.9 Å². The van der Waals surface area contributed by atoms with Crippen LogP contribution in [-0.2, 0) is 23.1 Å². The Morgan fingerprint density at radius 3 is 2.56 bits per heavy atom. The second kappa shape index (κ2) is 6.20. The summed E-state index contributed by atoms with van der Waals surface area (Å²) in [5.74, 6) is -0.115. The summed E-state index contributed by atoms with van der Waals surface area (Å²) in [4.78, 5) is 11.6. The molecule has 0 aliphatic carbocycles. The molecule has 0 bridgehead atoms. The Hall–Kier alpha value is -1.07. The van der Waals surface area contributed by atoms with Crippen molar-refractivity contribution in [2.24, 2.45) is 13.0 Å². The van der Waals surface area contributed by atoms with Crippen molar-refractivity contribution >= 4 is 17.6 Å². The van der Waals surface area contributed by atoms with Gasteiger partial charge in [0.15, 0.2) is 0 Å². The summed E-state index contributed by atoms with van der Waals surface area (Å²) in [5.41, 5.74) is 1.77. The lowest BCUT2D eigenvalue weighted by atomic mass is 10.0. The first-order chi connectivity index (χ1) is 8.38. The molecule has 18 heavy (non-hydrogen) atoms. The maximum absolute atomic E-state index is 11.6. The van der Waals surface area contributed by atoms with E-state index in [0.29, 0.717) is 11.7 Å². The zero-order valence-electron chi connectivity index (χ0n) is 11.5. The van der Waals surface area contributed by atoms with Crippen LogP contribution in [0, 0.1) is 12.8 Å². The first-order valence-corrected chi connectivity index (χ1v) is 6.25. The number of carbonyl (C=O) groups is 1. The first kappa shape index (κ1) is 15.0. The molecule has 1 N–H and O–H groups in total. The molecule has 1 rings (SSSR count). The summed E-state index contributed by atoms with van der Waals surface area (Å²) in [7, 11) is 3.18. The number of aryl methyl sites for hydroxylation is 2. The first-order valence-electron chi connectivity index (χ1n) is 5.87. The van der Waals surface area contributed by atoms with E-state index in [2.05, 4.69) is 10.4 Å². The van der Waals surface area contributed by atoms with E-state index >= 15 is 0 Å². The van der Waals surface area contributed by atoms with Gasteiger partial charge >= 0.3 is 5.97 Å². The number of carbonyl (C=O) groups excluding carboxylic acids is 1. The largest absolute Gasteiger partial charge is 0.468 e. The Morgan fingerprint density at radius 1 is 1.56 bits per heavy atom. The summed E-state index contributed by atoms with van der Waals surface area (Å²) in [6.07, 6.45) is 0. The third-order valence-corrected chi connectivity index (χ3v) is 3.36. The number of nitrogens with zero attached hydrogens (tertiary/aromatic N) is 2. The highest BCUT2D eigenvalue weighted by Crippen LogP contribution is 2.18. The van der Waals surface area contributed by atoms with Crippen LogP contribution >= 0.6 is 11.6 Å². The molecule has 0 radical (unpaired) electrons. The number of halogens is 1. The predicted molar refractivity (Wildman–Crippen MR) is 70.4 cm³/mol. The number of hydrogen-bond donors (Lipinski definition) is 1. The average molecular weight is 274 g/mol. The van der Waals surface area contributed by atoms with Gasteiger partial charge < -0.3 is 4.74 Å². The van der Waals surface area contributed by atoms with Gasteiger partial charge in [0.05, 0.1) is 12.8 Å². The van der Waals surface area contributed by atoms with Crippen molar-refractivity contribution in [2.45, 2.75) is 33.4 Å². The van der Waals surface area contributed by atoms with Crippen LogP contribution < -0.4 is 5.32 Å². The number of hydrogen-bond acceptors (Lipinski definition) is 4. The van der Waals surface area contributed by atoms with Gasteiger partial charge in [-0.1, -0.05) is 25.4 Å². The summed E-state index contributed by atoms with van der Waals surface area (Å²) in [6, 6.07) is -0.342. The highest BCUT2D eigenvalue weighted by Gasteiger charge is 2.23. The fraction of sp³-hybridized carbons (Fsp3) is 0.667. The molecule has 1 unspecified atom stereocenters. The van der Waals surface area contributed by atoms with E-state index < -0.39 is 0 Å². The highest BCUT2D eigenvalue weighted by molar-refractivity contribution is 6.30. The molecule has 0 aliphatic heterocycles. The van der Waals surface area contributed by atoms with Gasteiger partial charge in [-0.2, -0.15) is 5.10 Å². The van der Waals surface area contributed by atoms with E-state index in [4.69, 9.17) is 16.3 Å². The number of rotatable bonds is 5. The van der Waals surface area contributed by atoms with Gasteiger partial charge in [0.1, 0.15) is 11.2 Å². The van der Waals surface area contributed by atoms with E-state index in [0.717, 1.165) is 11.3 Å². The van der Waals surface area contributed by atoms with Crippen molar-refractivity contribution in [3.8, 4) is 0 Å². The van der Waals surface area contributed by atoms with E-state index in [-0.39, 0.29) is 17.9 Å². The maximum Gasteiger partial charge on any atom is 0.323 e. The highest BCUT2D eigenvalue weighted by atomic mass is 35.5. The molecule has 1 aromatic rings. The minimum Gasteiger partial charge on any atom is -0.468 e. The third-order valence-electron chi connectivity index (χ3n) is 2.89. The number of methoxy groups -OCH3 is 1. The molecular weight excluding hydrogens is 254 g/mol. The smallest absolute Gasteiger partial charge is 0.323 e. The predicted octanol–water partition coefficient (Wildman–Crippen LogP) is 1.67. The Balaban J connectivity index is 2.76. The summed E-state index contributed by atoms with van der Waals surface area (Å²) < 4.78 is 6.39. The average Bonchev–Trinajstić information content (AvgIpc) is 2.54.